The molecule has 1 saturated heterocycles. The predicted octanol–water partition coefficient (Wildman–Crippen LogP) is 3.43. The summed E-state index contributed by atoms with van der Waals surface area (Å²) in [5.74, 6) is -3.33. The first-order valence-corrected chi connectivity index (χ1v) is 13.5. The van der Waals surface area contributed by atoms with Crippen LogP contribution >= 0.6 is 0 Å². The van der Waals surface area contributed by atoms with Gasteiger partial charge in [-0.05, 0) is 52.9 Å². The summed E-state index contributed by atoms with van der Waals surface area (Å²) in [6.45, 7) is 12.7. The zero-order chi connectivity index (χ0) is 27.7. The van der Waals surface area contributed by atoms with E-state index in [2.05, 4.69) is 0 Å². The first-order chi connectivity index (χ1) is 17.1. The van der Waals surface area contributed by atoms with Gasteiger partial charge in [-0.25, -0.2) is 0 Å². The zero-order valence-corrected chi connectivity index (χ0v) is 23.3. The van der Waals surface area contributed by atoms with Crippen LogP contribution in [0, 0.1) is 23.2 Å². The van der Waals surface area contributed by atoms with Crippen LogP contribution in [0.1, 0.15) is 80.6 Å². The Balaban J connectivity index is 1.74. The van der Waals surface area contributed by atoms with Gasteiger partial charge in [0.2, 0.25) is 11.6 Å². The Bertz CT molecular complexity index is 1060. The van der Waals surface area contributed by atoms with Crippen molar-refractivity contribution in [3.8, 4) is 0 Å². The highest BCUT2D eigenvalue weighted by atomic mass is 16.5. The quantitative estimate of drug-likeness (QED) is 0.514. The number of methoxy groups -OCH3 is 1. The normalized spacial score (nSPS) is 37.8. The minimum atomic E-state index is -1.27. The molecule has 206 valence electrons. The predicted molar refractivity (Wildman–Crippen MR) is 135 cm³/mol. The van der Waals surface area contributed by atoms with Gasteiger partial charge >= 0.3 is 0 Å². The van der Waals surface area contributed by atoms with E-state index in [4.69, 9.17) is 14.2 Å². The van der Waals surface area contributed by atoms with Gasteiger partial charge in [-0.3, -0.25) is 14.4 Å². The second-order valence-corrected chi connectivity index (χ2v) is 12.5. The minimum Gasteiger partial charge on any atom is -0.492 e. The van der Waals surface area contributed by atoms with Crippen LogP contribution in [0.2, 0.25) is 0 Å². The molecule has 2 aliphatic heterocycles. The summed E-state index contributed by atoms with van der Waals surface area (Å²) < 4.78 is 18.2. The molecule has 4 aliphatic rings. The number of hydrogen-bond donors (Lipinski definition) is 2. The summed E-state index contributed by atoms with van der Waals surface area (Å²) in [6, 6.07) is 0. The van der Waals surface area contributed by atoms with Crippen LogP contribution in [0.15, 0.2) is 22.7 Å². The second kappa shape index (κ2) is 9.31. The van der Waals surface area contributed by atoms with Crippen molar-refractivity contribution in [2.24, 2.45) is 23.2 Å². The maximum atomic E-state index is 13.8. The summed E-state index contributed by atoms with van der Waals surface area (Å²) in [5.41, 5.74) is -2.55. The molecule has 2 aliphatic carbocycles. The molecule has 0 aromatic rings. The maximum absolute atomic E-state index is 13.8. The number of fused-ring (bicyclic) bond motifs is 3. The topological polar surface area (TPSA) is 119 Å². The van der Waals surface area contributed by atoms with Crippen molar-refractivity contribution in [3.63, 3.8) is 0 Å². The Morgan fingerprint density at radius 2 is 1.81 bits per heavy atom. The van der Waals surface area contributed by atoms with E-state index in [1.807, 2.05) is 20.8 Å². The average molecular weight is 519 g/mol. The lowest BCUT2D eigenvalue weighted by Gasteiger charge is -2.61. The minimum absolute atomic E-state index is 0.000263. The van der Waals surface area contributed by atoms with Crippen molar-refractivity contribution in [2.45, 2.75) is 110 Å². The molecule has 0 aromatic carbocycles. The molecule has 8 nitrogen and oxygen atoms in total. The lowest BCUT2D eigenvalue weighted by molar-refractivity contribution is -0.260. The molecule has 0 spiro atoms. The van der Waals surface area contributed by atoms with E-state index < -0.39 is 46.1 Å². The Hall–Kier alpha value is -2.03. The molecular weight excluding hydrogens is 476 g/mol. The van der Waals surface area contributed by atoms with E-state index in [1.54, 1.807) is 27.7 Å². The van der Waals surface area contributed by atoms with E-state index in [0.717, 1.165) is 0 Å². The summed E-state index contributed by atoms with van der Waals surface area (Å²) in [6.07, 6.45) is 1.15. The molecule has 0 radical (unpaired) electrons. The summed E-state index contributed by atoms with van der Waals surface area (Å²) in [5, 5.41) is 22.3. The first kappa shape index (κ1) is 28.0. The van der Waals surface area contributed by atoms with Gasteiger partial charge in [0.15, 0.2) is 11.5 Å². The Morgan fingerprint density at radius 3 is 2.38 bits per heavy atom. The molecule has 8 unspecified atom stereocenters. The number of ether oxygens (including phenoxy) is 3. The fraction of sp³-hybridized carbons (Fsp3) is 0.759. The third-order valence-electron chi connectivity index (χ3n) is 9.57. The van der Waals surface area contributed by atoms with Gasteiger partial charge in [0.25, 0.3) is 0 Å². The lowest BCUT2D eigenvalue weighted by Crippen LogP contribution is -2.66. The van der Waals surface area contributed by atoms with Crippen LogP contribution in [0.25, 0.3) is 0 Å². The molecule has 2 N–H and O–H groups in total. The largest absolute Gasteiger partial charge is 0.492 e. The van der Waals surface area contributed by atoms with E-state index in [0.29, 0.717) is 32.1 Å². The van der Waals surface area contributed by atoms with Crippen LogP contribution in [0.3, 0.4) is 0 Å². The molecule has 8 heteroatoms. The maximum Gasteiger partial charge on any atom is 0.230 e. The number of carbonyl (C=O) groups excluding carboxylic acids is 3. The highest BCUT2D eigenvalue weighted by Crippen LogP contribution is 2.60. The van der Waals surface area contributed by atoms with Gasteiger partial charge in [0.1, 0.15) is 11.4 Å². The third kappa shape index (κ3) is 4.20. The van der Waals surface area contributed by atoms with E-state index in [9.17, 15) is 24.6 Å². The molecule has 0 aromatic heterocycles. The molecule has 2 fully saturated rings. The lowest BCUT2D eigenvalue weighted by atomic mass is 9.52. The number of ketones is 3. The highest BCUT2D eigenvalue weighted by Gasteiger charge is 2.65. The summed E-state index contributed by atoms with van der Waals surface area (Å²) in [7, 11) is 1.30. The van der Waals surface area contributed by atoms with E-state index in [1.165, 1.54) is 7.11 Å². The number of rotatable bonds is 6. The van der Waals surface area contributed by atoms with Crippen LogP contribution in [0.4, 0.5) is 0 Å². The number of aliphatic hydroxyl groups is 2. The Morgan fingerprint density at radius 1 is 1.16 bits per heavy atom. The fourth-order valence-corrected chi connectivity index (χ4v) is 7.21. The molecule has 2 heterocycles. The zero-order valence-electron chi connectivity index (χ0n) is 23.3. The van der Waals surface area contributed by atoms with Gasteiger partial charge < -0.3 is 24.4 Å². The van der Waals surface area contributed by atoms with Crippen LogP contribution in [-0.4, -0.2) is 64.2 Å². The third-order valence-corrected chi connectivity index (χ3v) is 9.57. The van der Waals surface area contributed by atoms with Crippen molar-refractivity contribution in [1.29, 1.82) is 0 Å². The van der Waals surface area contributed by atoms with Crippen LogP contribution in [-0.2, 0) is 28.6 Å². The smallest absolute Gasteiger partial charge is 0.230 e. The van der Waals surface area contributed by atoms with Gasteiger partial charge in [0, 0.05) is 23.2 Å². The Kier molecular flexibility index (Phi) is 7.04. The Labute approximate surface area is 219 Å². The van der Waals surface area contributed by atoms with Crippen molar-refractivity contribution >= 4 is 17.3 Å². The number of aliphatic hydroxyl groups excluding tert-OH is 1. The van der Waals surface area contributed by atoms with E-state index in [-0.39, 0.29) is 46.6 Å². The number of Topliss-reactive ketones (excluding diaryl/α,β-unsaturated/α-hetero) is 3. The fourth-order valence-electron chi connectivity index (χ4n) is 7.21. The highest BCUT2D eigenvalue weighted by molar-refractivity contribution is 6.25. The average Bonchev–Trinajstić information content (AvgIpc) is 2.82. The van der Waals surface area contributed by atoms with Crippen molar-refractivity contribution in [2.75, 3.05) is 7.11 Å². The van der Waals surface area contributed by atoms with Gasteiger partial charge in [-0.15, -0.1) is 0 Å². The summed E-state index contributed by atoms with van der Waals surface area (Å²) >= 11 is 0. The monoisotopic (exact) mass is 518 g/mol. The molecule has 0 amide bonds. The van der Waals surface area contributed by atoms with Gasteiger partial charge in [-0.1, -0.05) is 27.7 Å². The van der Waals surface area contributed by atoms with Gasteiger partial charge in [-0.2, -0.15) is 0 Å². The van der Waals surface area contributed by atoms with Gasteiger partial charge in [0.05, 0.1) is 42.2 Å². The number of allylic oxidation sites excluding steroid dienone is 2. The molecule has 37 heavy (non-hydrogen) atoms. The molecule has 4 rings (SSSR count). The van der Waals surface area contributed by atoms with Crippen molar-refractivity contribution < 1.29 is 38.8 Å². The molecule has 1 saturated carbocycles. The number of carbonyl (C=O) groups is 3. The summed E-state index contributed by atoms with van der Waals surface area (Å²) in [4.78, 5) is 40.6. The first-order valence-electron chi connectivity index (χ1n) is 13.5. The standard InChI is InChI=1S/C29H42O8/c1-9-14(2)20(30)15(3)18-21(31)25-19(22(32)24(18)35-8)23(33)26-28(6)12-10-16(27(4,5)34)36-17(28)11-13-29(26,7)37-25/h14-17,23,26,33-34H,9-13H2,1-8H3. The van der Waals surface area contributed by atoms with E-state index >= 15 is 0 Å². The second-order valence-electron chi connectivity index (χ2n) is 12.5. The molecule has 0 bridgehead atoms. The molecular formula is C29H42O8. The SMILES string of the molecule is CCC(C)C(=O)C(C)C1=C(OC)C(=O)C2=C(OC3(C)CCC4OC(C(C)(C)O)CCC4(C)C3C2O)C1=O. The molecule has 8 atom stereocenters. The van der Waals surface area contributed by atoms with Crippen LogP contribution < -0.4 is 0 Å². The number of hydrogen-bond acceptors (Lipinski definition) is 8. The van der Waals surface area contributed by atoms with Crippen LogP contribution in [0.5, 0.6) is 0 Å². The van der Waals surface area contributed by atoms with Crippen molar-refractivity contribution in [1.82, 2.24) is 0 Å². The van der Waals surface area contributed by atoms with Crippen molar-refractivity contribution in [3.05, 3.63) is 22.7 Å².